The van der Waals surface area contributed by atoms with E-state index in [1.807, 2.05) is 0 Å². The molecule has 1 fully saturated rings. The maximum Gasteiger partial charge on any atom is 0.0223 e. The van der Waals surface area contributed by atoms with Crippen molar-refractivity contribution in [1.29, 1.82) is 0 Å². The molecule has 0 aliphatic carbocycles. The monoisotopic (exact) mass is 198 g/mol. The lowest BCUT2D eigenvalue weighted by Crippen LogP contribution is -2.50. The van der Waals surface area contributed by atoms with Gasteiger partial charge in [-0.05, 0) is 38.6 Å². The molecule has 2 nitrogen and oxygen atoms in total. The van der Waals surface area contributed by atoms with Gasteiger partial charge in [-0.25, -0.2) is 0 Å². The molecule has 2 N–H and O–H groups in total. The predicted octanol–water partition coefficient (Wildman–Crippen LogP) is 2.23. The fourth-order valence-corrected chi connectivity index (χ4v) is 2.57. The smallest absolute Gasteiger partial charge is 0.0223 e. The Kier molecular flexibility index (Phi) is 4.90. The maximum absolute atomic E-state index is 5.86. The minimum Gasteiger partial charge on any atom is -0.329 e. The summed E-state index contributed by atoms with van der Waals surface area (Å²) >= 11 is 0. The van der Waals surface area contributed by atoms with Crippen molar-refractivity contribution in [3.05, 3.63) is 0 Å². The SMILES string of the molecule is CCC1CCN(C(C)CC)C(CN)C1. The van der Waals surface area contributed by atoms with Gasteiger partial charge in [0.1, 0.15) is 0 Å². The molecule has 1 aliphatic rings. The molecular weight excluding hydrogens is 172 g/mol. The van der Waals surface area contributed by atoms with Crippen LogP contribution in [0.3, 0.4) is 0 Å². The fourth-order valence-electron chi connectivity index (χ4n) is 2.57. The molecule has 0 aromatic heterocycles. The largest absolute Gasteiger partial charge is 0.329 e. The Hall–Kier alpha value is -0.0800. The van der Waals surface area contributed by atoms with E-state index in [0.29, 0.717) is 12.1 Å². The normalized spacial score (nSPS) is 31.7. The molecule has 1 heterocycles. The zero-order chi connectivity index (χ0) is 10.6. The number of hydrogen-bond acceptors (Lipinski definition) is 2. The second-order valence-corrected chi connectivity index (χ2v) is 4.68. The topological polar surface area (TPSA) is 29.3 Å². The van der Waals surface area contributed by atoms with Crippen LogP contribution in [-0.4, -0.2) is 30.1 Å². The van der Waals surface area contributed by atoms with Gasteiger partial charge in [0.25, 0.3) is 0 Å². The van der Waals surface area contributed by atoms with Gasteiger partial charge in [0.15, 0.2) is 0 Å². The van der Waals surface area contributed by atoms with Gasteiger partial charge >= 0.3 is 0 Å². The van der Waals surface area contributed by atoms with Gasteiger partial charge in [-0.3, -0.25) is 4.90 Å². The van der Waals surface area contributed by atoms with Crippen molar-refractivity contribution in [1.82, 2.24) is 4.90 Å². The van der Waals surface area contributed by atoms with Gasteiger partial charge < -0.3 is 5.73 Å². The van der Waals surface area contributed by atoms with Crippen LogP contribution in [0, 0.1) is 5.92 Å². The van der Waals surface area contributed by atoms with Crippen LogP contribution in [0.1, 0.15) is 46.5 Å². The summed E-state index contributed by atoms with van der Waals surface area (Å²) < 4.78 is 0. The molecule has 14 heavy (non-hydrogen) atoms. The highest BCUT2D eigenvalue weighted by Gasteiger charge is 2.28. The number of nitrogens with two attached hydrogens (primary N) is 1. The highest BCUT2D eigenvalue weighted by Crippen LogP contribution is 2.26. The van der Waals surface area contributed by atoms with Gasteiger partial charge in [0.05, 0.1) is 0 Å². The van der Waals surface area contributed by atoms with Crippen LogP contribution >= 0.6 is 0 Å². The first kappa shape index (κ1) is 12.0. The zero-order valence-corrected chi connectivity index (χ0v) is 10.00. The van der Waals surface area contributed by atoms with Crippen LogP contribution in [0.5, 0.6) is 0 Å². The highest BCUT2D eigenvalue weighted by atomic mass is 15.2. The number of hydrogen-bond donors (Lipinski definition) is 1. The summed E-state index contributed by atoms with van der Waals surface area (Å²) in [5, 5.41) is 0. The van der Waals surface area contributed by atoms with Crippen molar-refractivity contribution < 1.29 is 0 Å². The summed E-state index contributed by atoms with van der Waals surface area (Å²) in [6.07, 6.45) is 5.26. The lowest BCUT2D eigenvalue weighted by atomic mass is 9.88. The Labute approximate surface area is 88.8 Å². The lowest BCUT2D eigenvalue weighted by molar-refractivity contribution is 0.0758. The van der Waals surface area contributed by atoms with Gasteiger partial charge in [0.2, 0.25) is 0 Å². The fraction of sp³-hybridized carbons (Fsp3) is 1.00. The molecule has 1 aliphatic heterocycles. The third-order valence-electron chi connectivity index (χ3n) is 3.88. The van der Waals surface area contributed by atoms with Crippen LogP contribution in [0.15, 0.2) is 0 Å². The predicted molar refractivity (Wildman–Crippen MR) is 62.3 cm³/mol. The van der Waals surface area contributed by atoms with E-state index in [-0.39, 0.29) is 0 Å². The summed E-state index contributed by atoms with van der Waals surface area (Å²) in [6, 6.07) is 1.35. The van der Waals surface area contributed by atoms with E-state index >= 15 is 0 Å². The zero-order valence-electron chi connectivity index (χ0n) is 10.00. The van der Waals surface area contributed by atoms with Gasteiger partial charge in [-0.1, -0.05) is 20.3 Å². The van der Waals surface area contributed by atoms with Crippen molar-refractivity contribution in [3.8, 4) is 0 Å². The molecule has 2 heteroatoms. The molecule has 3 unspecified atom stereocenters. The summed E-state index contributed by atoms with van der Waals surface area (Å²) in [4.78, 5) is 2.62. The van der Waals surface area contributed by atoms with E-state index in [1.165, 1.54) is 32.2 Å². The van der Waals surface area contributed by atoms with E-state index in [1.54, 1.807) is 0 Å². The van der Waals surface area contributed by atoms with Crippen molar-refractivity contribution in [2.45, 2.75) is 58.5 Å². The van der Waals surface area contributed by atoms with Gasteiger partial charge in [-0.15, -0.1) is 0 Å². The average Bonchev–Trinajstić information content (AvgIpc) is 2.27. The summed E-state index contributed by atoms with van der Waals surface area (Å²) in [5.41, 5.74) is 5.86. The van der Waals surface area contributed by atoms with Crippen LogP contribution in [0.2, 0.25) is 0 Å². The molecule has 1 saturated heterocycles. The number of rotatable bonds is 4. The summed E-state index contributed by atoms with van der Waals surface area (Å²) in [5.74, 6) is 0.920. The van der Waals surface area contributed by atoms with E-state index in [0.717, 1.165) is 12.5 Å². The molecule has 0 radical (unpaired) electrons. The molecule has 0 amide bonds. The Morgan fingerprint density at radius 3 is 2.64 bits per heavy atom. The van der Waals surface area contributed by atoms with Crippen molar-refractivity contribution in [2.75, 3.05) is 13.1 Å². The number of likely N-dealkylation sites (tertiary alicyclic amines) is 1. The molecule has 1 rings (SSSR count). The molecule has 84 valence electrons. The Morgan fingerprint density at radius 2 is 2.14 bits per heavy atom. The van der Waals surface area contributed by atoms with Gasteiger partial charge in [0, 0.05) is 18.6 Å². The third kappa shape index (κ3) is 2.71. The van der Waals surface area contributed by atoms with Crippen molar-refractivity contribution >= 4 is 0 Å². The number of piperidine rings is 1. The minimum atomic E-state index is 0.642. The van der Waals surface area contributed by atoms with Crippen LogP contribution in [-0.2, 0) is 0 Å². The Balaban J connectivity index is 2.52. The molecule has 0 saturated carbocycles. The van der Waals surface area contributed by atoms with Crippen LogP contribution in [0.4, 0.5) is 0 Å². The average molecular weight is 198 g/mol. The Morgan fingerprint density at radius 1 is 1.43 bits per heavy atom. The molecule has 3 atom stereocenters. The second kappa shape index (κ2) is 5.72. The first-order chi connectivity index (χ1) is 6.72. The van der Waals surface area contributed by atoms with Crippen LogP contribution < -0.4 is 5.73 Å². The summed E-state index contributed by atoms with van der Waals surface area (Å²) in [6.45, 7) is 8.99. The van der Waals surface area contributed by atoms with Gasteiger partial charge in [-0.2, -0.15) is 0 Å². The van der Waals surface area contributed by atoms with E-state index < -0.39 is 0 Å². The van der Waals surface area contributed by atoms with Crippen molar-refractivity contribution in [2.24, 2.45) is 11.7 Å². The number of nitrogens with zero attached hydrogens (tertiary/aromatic N) is 1. The molecule has 0 aromatic rings. The molecule has 0 bridgehead atoms. The first-order valence-electron chi connectivity index (χ1n) is 6.18. The minimum absolute atomic E-state index is 0.642. The maximum atomic E-state index is 5.86. The summed E-state index contributed by atoms with van der Waals surface area (Å²) in [7, 11) is 0. The molecular formula is C12H26N2. The second-order valence-electron chi connectivity index (χ2n) is 4.68. The highest BCUT2D eigenvalue weighted by molar-refractivity contribution is 4.84. The van der Waals surface area contributed by atoms with E-state index in [2.05, 4.69) is 25.7 Å². The molecule has 0 aromatic carbocycles. The van der Waals surface area contributed by atoms with Crippen molar-refractivity contribution in [3.63, 3.8) is 0 Å². The first-order valence-corrected chi connectivity index (χ1v) is 6.18. The quantitative estimate of drug-likeness (QED) is 0.750. The lowest BCUT2D eigenvalue weighted by Gasteiger charge is -2.42. The Bertz CT molecular complexity index is 158. The molecule has 0 spiro atoms. The van der Waals surface area contributed by atoms with E-state index in [4.69, 9.17) is 5.73 Å². The standard InChI is InChI=1S/C12H26N2/c1-4-10(3)14-7-6-11(5-2)8-12(14)9-13/h10-12H,4-9,13H2,1-3H3. The third-order valence-corrected chi connectivity index (χ3v) is 3.88. The van der Waals surface area contributed by atoms with E-state index in [9.17, 15) is 0 Å². The van der Waals surface area contributed by atoms with Crippen LogP contribution in [0.25, 0.3) is 0 Å².